The molecule has 3 heteroatoms. The number of fused-ring (bicyclic) bond motifs is 4. The Balaban J connectivity index is 1.86. The largest absolute Gasteiger partial charge is 0.352 e. The van der Waals surface area contributed by atoms with Crippen LogP contribution < -0.4 is 0 Å². The minimum Gasteiger partial charge on any atom is -0.352 e. The number of piperidine rings is 1. The molecule has 3 nitrogen and oxygen atoms in total. The standard InChI is InChI=1S/C16H18N2O/c19-16-14-7-3-4-9-18(14)10-8-12-11-5-1-2-6-13(11)17-15(12)16/h1-2,5-6,14,17H,3-4,7-10H2. The number of H-pyrrole nitrogens is 1. The summed E-state index contributed by atoms with van der Waals surface area (Å²) in [4.78, 5) is 18.5. The zero-order valence-electron chi connectivity index (χ0n) is 11.0. The van der Waals surface area contributed by atoms with E-state index in [9.17, 15) is 4.79 Å². The number of hydrogen-bond donors (Lipinski definition) is 1. The summed E-state index contributed by atoms with van der Waals surface area (Å²) in [6.45, 7) is 2.10. The number of aromatic amines is 1. The van der Waals surface area contributed by atoms with Crippen molar-refractivity contribution >= 4 is 16.7 Å². The van der Waals surface area contributed by atoms with Gasteiger partial charge in [0.05, 0.1) is 11.7 Å². The van der Waals surface area contributed by atoms with Gasteiger partial charge in [0.25, 0.3) is 0 Å². The first-order valence-electron chi connectivity index (χ1n) is 7.22. The first-order valence-corrected chi connectivity index (χ1v) is 7.22. The van der Waals surface area contributed by atoms with Gasteiger partial charge in [0.15, 0.2) is 5.78 Å². The number of nitrogens with zero attached hydrogens (tertiary/aromatic N) is 1. The number of ketones is 1. The van der Waals surface area contributed by atoms with Crippen molar-refractivity contribution in [1.29, 1.82) is 0 Å². The Morgan fingerprint density at radius 1 is 1.16 bits per heavy atom. The number of Topliss-reactive ketones (excluding diaryl/α,β-unsaturated/α-hetero) is 1. The molecule has 1 atom stereocenters. The molecule has 1 N–H and O–H groups in total. The molecule has 2 aliphatic heterocycles. The molecule has 1 aromatic heterocycles. The number of carbonyl (C=O) groups excluding carboxylic acids is 1. The molecule has 1 unspecified atom stereocenters. The van der Waals surface area contributed by atoms with Gasteiger partial charge in [-0.2, -0.15) is 0 Å². The number of nitrogens with one attached hydrogen (secondary N) is 1. The van der Waals surface area contributed by atoms with Crippen LogP contribution in [0.4, 0.5) is 0 Å². The number of benzene rings is 1. The average molecular weight is 254 g/mol. The van der Waals surface area contributed by atoms with Gasteiger partial charge in [0.1, 0.15) is 0 Å². The minimum absolute atomic E-state index is 0.114. The Labute approximate surface area is 112 Å². The van der Waals surface area contributed by atoms with E-state index in [0.717, 1.165) is 37.1 Å². The molecule has 0 spiro atoms. The molecule has 1 aromatic carbocycles. The first kappa shape index (κ1) is 11.2. The van der Waals surface area contributed by atoms with E-state index >= 15 is 0 Å². The van der Waals surface area contributed by atoms with Crippen LogP contribution in [0.25, 0.3) is 10.9 Å². The summed E-state index contributed by atoms with van der Waals surface area (Å²) in [5, 5.41) is 1.23. The van der Waals surface area contributed by atoms with Gasteiger partial charge in [-0.15, -0.1) is 0 Å². The topological polar surface area (TPSA) is 36.1 Å². The molecule has 1 fully saturated rings. The summed E-state index contributed by atoms with van der Waals surface area (Å²) in [6, 6.07) is 8.38. The van der Waals surface area contributed by atoms with Crippen LogP contribution >= 0.6 is 0 Å². The second kappa shape index (κ2) is 4.20. The number of carbonyl (C=O) groups is 1. The maximum Gasteiger partial charge on any atom is 0.196 e. The van der Waals surface area contributed by atoms with Gasteiger partial charge < -0.3 is 4.98 Å². The molecule has 0 saturated carbocycles. The zero-order chi connectivity index (χ0) is 12.8. The summed E-state index contributed by atoms with van der Waals surface area (Å²) in [5.41, 5.74) is 3.20. The molecule has 0 radical (unpaired) electrons. The van der Waals surface area contributed by atoms with Gasteiger partial charge in [-0.25, -0.2) is 0 Å². The normalized spacial score (nSPS) is 24.0. The van der Waals surface area contributed by atoms with Gasteiger partial charge in [-0.05, 0) is 37.4 Å². The third kappa shape index (κ3) is 1.65. The third-order valence-corrected chi connectivity index (χ3v) is 4.63. The lowest BCUT2D eigenvalue weighted by Gasteiger charge is -2.32. The summed E-state index contributed by atoms with van der Waals surface area (Å²) in [5.74, 6) is 0.309. The highest BCUT2D eigenvalue weighted by Crippen LogP contribution is 2.30. The molecule has 19 heavy (non-hydrogen) atoms. The molecule has 0 bridgehead atoms. The second-order valence-corrected chi connectivity index (χ2v) is 5.69. The predicted molar refractivity (Wildman–Crippen MR) is 75.5 cm³/mol. The SMILES string of the molecule is O=C1c2[nH]c3ccccc3c2CCN2CCCCC12. The van der Waals surface area contributed by atoms with Gasteiger partial charge in [0.2, 0.25) is 0 Å². The molecule has 2 aromatic rings. The fourth-order valence-corrected chi connectivity index (χ4v) is 3.65. The highest BCUT2D eigenvalue weighted by atomic mass is 16.1. The van der Waals surface area contributed by atoms with E-state index in [-0.39, 0.29) is 6.04 Å². The van der Waals surface area contributed by atoms with E-state index < -0.39 is 0 Å². The highest BCUT2D eigenvalue weighted by molar-refractivity contribution is 6.05. The Morgan fingerprint density at radius 2 is 2.05 bits per heavy atom. The Bertz CT molecular complexity index is 643. The van der Waals surface area contributed by atoms with Crippen molar-refractivity contribution in [3.63, 3.8) is 0 Å². The Hall–Kier alpha value is -1.61. The Morgan fingerprint density at radius 3 is 3.00 bits per heavy atom. The fraction of sp³-hybridized carbons (Fsp3) is 0.438. The molecular weight excluding hydrogens is 236 g/mol. The van der Waals surface area contributed by atoms with Gasteiger partial charge in [0, 0.05) is 17.4 Å². The quantitative estimate of drug-likeness (QED) is 0.784. The highest BCUT2D eigenvalue weighted by Gasteiger charge is 2.34. The summed E-state index contributed by atoms with van der Waals surface area (Å²) >= 11 is 0. The van der Waals surface area contributed by atoms with E-state index in [1.807, 2.05) is 6.07 Å². The van der Waals surface area contributed by atoms with Crippen molar-refractivity contribution in [2.45, 2.75) is 31.7 Å². The molecule has 98 valence electrons. The van der Waals surface area contributed by atoms with E-state index in [2.05, 4.69) is 28.1 Å². The van der Waals surface area contributed by atoms with Crippen molar-refractivity contribution in [3.05, 3.63) is 35.5 Å². The molecule has 1 saturated heterocycles. The van der Waals surface area contributed by atoms with E-state index in [1.165, 1.54) is 23.8 Å². The van der Waals surface area contributed by atoms with E-state index in [1.54, 1.807) is 0 Å². The van der Waals surface area contributed by atoms with Crippen molar-refractivity contribution in [3.8, 4) is 0 Å². The maximum atomic E-state index is 12.8. The van der Waals surface area contributed by atoms with Crippen molar-refractivity contribution in [2.75, 3.05) is 13.1 Å². The van der Waals surface area contributed by atoms with Gasteiger partial charge in [-0.1, -0.05) is 24.6 Å². The van der Waals surface area contributed by atoms with Crippen LogP contribution in [0.2, 0.25) is 0 Å². The lowest BCUT2D eigenvalue weighted by molar-refractivity contribution is 0.0762. The minimum atomic E-state index is 0.114. The van der Waals surface area contributed by atoms with Gasteiger partial charge in [-0.3, -0.25) is 9.69 Å². The fourth-order valence-electron chi connectivity index (χ4n) is 3.65. The molecule has 0 amide bonds. The second-order valence-electron chi connectivity index (χ2n) is 5.69. The smallest absolute Gasteiger partial charge is 0.196 e. The Kier molecular flexibility index (Phi) is 2.49. The van der Waals surface area contributed by atoms with Crippen LogP contribution in [-0.4, -0.2) is 34.8 Å². The summed E-state index contributed by atoms with van der Waals surface area (Å²) in [6.07, 6.45) is 4.43. The van der Waals surface area contributed by atoms with Crippen molar-refractivity contribution in [2.24, 2.45) is 0 Å². The third-order valence-electron chi connectivity index (χ3n) is 4.63. The number of aromatic nitrogens is 1. The summed E-state index contributed by atoms with van der Waals surface area (Å²) in [7, 11) is 0. The lowest BCUT2D eigenvalue weighted by atomic mass is 9.97. The predicted octanol–water partition coefficient (Wildman–Crippen LogP) is 2.76. The lowest BCUT2D eigenvalue weighted by Crippen LogP contribution is -2.44. The number of hydrogen-bond acceptors (Lipinski definition) is 2. The van der Waals surface area contributed by atoms with Crippen LogP contribution in [0.5, 0.6) is 0 Å². The molecule has 3 heterocycles. The molecule has 4 rings (SSSR count). The van der Waals surface area contributed by atoms with Crippen LogP contribution in [0, 0.1) is 0 Å². The number of rotatable bonds is 0. The van der Waals surface area contributed by atoms with Crippen LogP contribution in [0.15, 0.2) is 24.3 Å². The van der Waals surface area contributed by atoms with Crippen LogP contribution in [-0.2, 0) is 6.42 Å². The molecular formula is C16H18N2O. The molecule has 0 aliphatic carbocycles. The summed E-state index contributed by atoms with van der Waals surface area (Å²) < 4.78 is 0. The van der Waals surface area contributed by atoms with Crippen molar-refractivity contribution in [1.82, 2.24) is 9.88 Å². The maximum absolute atomic E-state index is 12.8. The average Bonchev–Trinajstić information content (AvgIpc) is 2.77. The van der Waals surface area contributed by atoms with Crippen LogP contribution in [0.1, 0.15) is 35.3 Å². The molecule has 2 aliphatic rings. The monoisotopic (exact) mass is 254 g/mol. The zero-order valence-corrected chi connectivity index (χ0v) is 11.0. The van der Waals surface area contributed by atoms with Crippen LogP contribution in [0.3, 0.4) is 0 Å². The first-order chi connectivity index (χ1) is 9.34. The number of para-hydroxylation sites is 1. The van der Waals surface area contributed by atoms with Gasteiger partial charge >= 0.3 is 0 Å². The van der Waals surface area contributed by atoms with Crippen molar-refractivity contribution < 1.29 is 4.79 Å². The van der Waals surface area contributed by atoms with E-state index in [0.29, 0.717) is 5.78 Å². The van der Waals surface area contributed by atoms with E-state index in [4.69, 9.17) is 0 Å².